The number of aromatic nitrogens is 1. The van der Waals surface area contributed by atoms with Gasteiger partial charge in [-0.3, -0.25) is 0 Å². The fourth-order valence-corrected chi connectivity index (χ4v) is 2.82. The van der Waals surface area contributed by atoms with Gasteiger partial charge in [-0.05, 0) is 25.6 Å². The lowest BCUT2D eigenvalue weighted by Crippen LogP contribution is -2.42. The predicted molar refractivity (Wildman–Crippen MR) is 86.8 cm³/mol. The summed E-state index contributed by atoms with van der Waals surface area (Å²) in [6.07, 6.45) is 0.263. The molecule has 1 saturated heterocycles. The lowest BCUT2D eigenvalue weighted by molar-refractivity contribution is 0.0529. The third-order valence-corrected chi connectivity index (χ3v) is 3.89. The van der Waals surface area contributed by atoms with Crippen LogP contribution >= 0.6 is 0 Å². The van der Waals surface area contributed by atoms with Crippen molar-refractivity contribution in [2.75, 3.05) is 31.1 Å². The van der Waals surface area contributed by atoms with E-state index in [-0.39, 0.29) is 6.10 Å². The molecule has 0 amide bonds. The molecule has 1 atom stereocenters. The fraction of sp³-hybridized carbons (Fsp3) is 0.471. The van der Waals surface area contributed by atoms with E-state index in [0.29, 0.717) is 0 Å². The van der Waals surface area contributed by atoms with Gasteiger partial charge in [0.1, 0.15) is 5.82 Å². The molecule has 21 heavy (non-hydrogen) atoms. The van der Waals surface area contributed by atoms with Crippen molar-refractivity contribution in [2.45, 2.75) is 26.5 Å². The van der Waals surface area contributed by atoms with E-state index in [4.69, 9.17) is 9.72 Å². The summed E-state index contributed by atoms with van der Waals surface area (Å²) in [5, 5.41) is 4.63. The van der Waals surface area contributed by atoms with Crippen LogP contribution in [-0.2, 0) is 11.3 Å². The van der Waals surface area contributed by atoms with Crippen LogP contribution in [0.25, 0.3) is 10.9 Å². The zero-order valence-corrected chi connectivity index (χ0v) is 12.8. The van der Waals surface area contributed by atoms with Gasteiger partial charge in [-0.15, -0.1) is 0 Å². The lowest BCUT2D eigenvalue weighted by Gasteiger charge is -2.33. The van der Waals surface area contributed by atoms with E-state index in [1.165, 1.54) is 10.9 Å². The van der Waals surface area contributed by atoms with Crippen molar-refractivity contribution in [1.82, 2.24) is 10.3 Å². The Kier molecular flexibility index (Phi) is 4.36. The molecule has 1 fully saturated rings. The number of hydrogen-bond acceptors (Lipinski definition) is 4. The largest absolute Gasteiger partial charge is 0.375 e. The van der Waals surface area contributed by atoms with Gasteiger partial charge in [-0.25, -0.2) is 4.98 Å². The van der Waals surface area contributed by atoms with E-state index >= 15 is 0 Å². The molecule has 1 aliphatic heterocycles. The number of ether oxygens (including phenoxy) is 1. The van der Waals surface area contributed by atoms with Crippen LogP contribution in [0.5, 0.6) is 0 Å². The Morgan fingerprint density at radius 1 is 1.38 bits per heavy atom. The smallest absolute Gasteiger partial charge is 0.133 e. The highest BCUT2D eigenvalue weighted by atomic mass is 16.5. The molecule has 1 N–H and O–H groups in total. The van der Waals surface area contributed by atoms with E-state index in [1.807, 2.05) is 6.07 Å². The summed E-state index contributed by atoms with van der Waals surface area (Å²) in [6.45, 7) is 8.67. The second-order valence-corrected chi connectivity index (χ2v) is 5.57. The molecule has 0 saturated carbocycles. The normalized spacial score (nSPS) is 19.1. The first-order chi connectivity index (χ1) is 10.3. The molecule has 2 aromatic rings. The predicted octanol–water partition coefficient (Wildman–Crippen LogP) is 2.57. The zero-order chi connectivity index (χ0) is 14.7. The minimum atomic E-state index is 0.263. The van der Waals surface area contributed by atoms with E-state index < -0.39 is 0 Å². The minimum Gasteiger partial charge on any atom is -0.375 e. The molecule has 0 spiro atoms. The Morgan fingerprint density at radius 3 is 3.05 bits per heavy atom. The van der Waals surface area contributed by atoms with Gasteiger partial charge >= 0.3 is 0 Å². The molecule has 0 bridgehead atoms. The topological polar surface area (TPSA) is 37.4 Å². The van der Waals surface area contributed by atoms with Crippen LogP contribution in [-0.4, -0.2) is 37.3 Å². The Bertz CT molecular complexity index is 614. The van der Waals surface area contributed by atoms with Crippen molar-refractivity contribution >= 4 is 16.7 Å². The second kappa shape index (κ2) is 6.41. The first-order valence-electron chi connectivity index (χ1n) is 7.74. The Morgan fingerprint density at radius 2 is 2.24 bits per heavy atom. The third kappa shape index (κ3) is 3.17. The molecular weight excluding hydrogens is 262 g/mol. The van der Waals surface area contributed by atoms with Crippen molar-refractivity contribution in [1.29, 1.82) is 0 Å². The van der Waals surface area contributed by atoms with Gasteiger partial charge in [0, 0.05) is 30.6 Å². The number of nitrogens with zero attached hydrogens (tertiary/aromatic N) is 2. The van der Waals surface area contributed by atoms with Crippen LogP contribution < -0.4 is 10.2 Å². The monoisotopic (exact) mass is 285 g/mol. The lowest BCUT2D eigenvalue weighted by atomic mass is 10.1. The van der Waals surface area contributed by atoms with Crippen LogP contribution in [0.4, 0.5) is 5.82 Å². The molecule has 2 heterocycles. The number of hydrogen-bond donors (Lipinski definition) is 1. The molecule has 0 aliphatic carbocycles. The Labute approximate surface area is 126 Å². The van der Waals surface area contributed by atoms with Crippen LogP contribution in [0.2, 0.25) is 0 Å². The van der Waals surface area contributed by atoms with Crippen molar-refractivity contribution in [3.8, 4) is 0 Å². The number of nitrogens with one attached hydrogen (secondary N) is 1. The summed E-state index contributed by atoms with van der Waals surface area (Å²) >= 11 is 0. The van der Waals surface area contributed by atoms with Crippen molar-refractivity contribution in [2.24, 2.45) is 0 Å². The summed E-state index contributed by atoms with van der Waals surface area (Å²) in [4.78, 5) is 7.27. The van der Waals surface area contributed by atoms with Gasteiger partial charge in [-0.2, -0.15) is 0 Å². The molecular formula is C17H23N3O. The Hall–Kier alpha value is -1.65. The first kappa shape index (κ1) is 14.3. The summed E-state index contributed by atoms with van der Waals surface area (Å²) in [7, 11) is 0. The zero-order valence-electron chi connectivity index (χ0n) is 12.8. The van der Waals surface area contributed by atoms with Crippen LogP contribution in [0, 0.1) is 0 Å². The van der Waals surface area contributed by atoms with Crippen molar-refractivity contribution < 1.29 is 4.74 Å². The number of para-hydroxylation sites is 1. The fourth-order valence-electron chi connectivity index (χ4n) is 2.82. The highest BCUT2D eigenvalue weighted by molar-refractivity contribution is 5.81. The average molecular weight is 285 g/mol. The number of fused-ring (bicyclic) bond motifs is 1. The second-order valence-electron chi connectivity index (χ2n) is 5.57. The van der Waals surface area contributed by atoms with E-state index in [1.54, 1.807) is 0 Å². The molecule has 1 aromatic heterocycles. The minimum absolute atomic E-state index is 0.263. The van der Waals surface area contributed by atoms with Crippen molar-refractivity contribution in [3.05, 3.63) is 35.9 Å². The molecule has 1 aromatic carbocycles. The SMILES string of the molecule is CCNCc1cc2ccccc2nc1N1CCOC(C)C1. The number of pyridine rings is 1. The van der Waals surface area contributed by atoms with Gasteiger partial charge in [-0.1, -0.05) is 25.1 Å². The molecule has 1 aliphatic rings. The van der Waals surface area contributed by atoms with Gasteiger partial charge in [0.2, 0.25) is 0 Å². The van der Waals surface area contributed by atoms with Gasteiger partial charge < -0.3 is 15.0 Å². The Balaban J connectivity index is 2.00. The van der Waals surface area contributed by atoms with E-state index in [0.717, 1.165) is 44.1 Å². The van der Waals surface area contributed by atoms with Crippen LogP contribution in [0.1, 0.15) is 19.4 Å². The van der Waals surface area contributed by atoms with Crippen molar-refractivity contribution in [3.63, 3.8) is 0 Å². The average Bonchev–Trinajstić information content (AvgIpc) is 2.52. The maximum absolute atomic E-state index is 5.65. The maximum atomic E-state index is 5.65. The molecule has 3 rings (SSSR count). The van der Waals surface area contributed by atoms with E-state index in [2.05, 4.69) is 48.3 Å². The molecule has 1 unspecified atom stereocenters. The number of morpholine rings is 1. The van der Waals surface area contributed by atoms with Crippen LogP contribution in [0.15, 0.2) is 30.3 Å². The first-order valence-corrected chi connectivity index (χ1v) is 7.74. The van der Waals surface area contributed by atoms with Crippen LogP contribution in [0.3, 0.4) is 0 Å². The molecule has 4 heteroatoms. The third-order valence-electron chi connectivity index (χ3n) is 3.89. The summed E-state index contributed by atoms with van der Waals surface area (Å²) in [5.74, 6) is 1.10. The summed E-state index contributed by atoms with van der Waals surface area (Å²) in [5.41, 5.74) is 2.33. The standard InChI is InChI=1S/C17H23N3O/c1-3-18-11-15-10-14-6-4-5-7-16(14)19-17(15)20-8-9-21-13(2)12-20/h4-7,10,13,18H,3,8-9,11-12H2,1-2H3. The van der Waals surface area contributed by atoms with E-state index in [9.17, 15) is 0 Å². The van der Waals surface area contributed by atoms with Gasteiger partial charge in [0.15, 0.2) is 0 Å². The number of rotatable bonds is 4. The maximum Gasteiger partial charge on any atom is 0.133 e. The highest BCUT2D eigenvalue weighted by Gasteiger charge is 2.20. The molecule has 0 radical (unpaired) electrons. The number of anilines is 1. The molecule has 112 valence electrons. The highest BCUT2D eigenvalue weighted by Crippen LogP contribution is 2.25. The number of benzene rings is 1. The summed E-state index contributed by atoms with van der Waals surface area (Å²) < 4.78 is 5.65. The quantitative estimate of drug-likeness (QED) is 0.937. The molecule has 4 nitrogen and oxygen atoms in total. The summed E-state index contributed by atoms with van der Waals surface area (Å²) in [6, 6.07) is 10.6. The van der Waals surface area contributed by atoms with Gasteiger partial charge in [0.05, 0.1) is 18.2 Å². The van der Waals surface area contributed by atoms with Gasteiger partial charge in [0.25, 0.3) is 0 Å².